The molecule has 0 radical (unpaired) electrons. The van der Waals surface area contributed by atoms with Crippen LogP contribution in [0.3, 0.4) is 0 Å². The Kier molecular flexibility index (Phi) is 7.91. The monoisotopic (exact) mass is 663 g/mol. The average Bonchev–Trinajstić information content (AvgIpc) is 3.55. The van der Waals surface area contributed by atoms with Gasteiger partial charge in [0, 0.05) is 48.7 Å². The zero-order valence-corrected chi connectivity index (χ0v) is 27.8. The van der Waals surface area contributed by atoms with Gasteiger partial charge in [-0.05, 0) is 71.7 Å². The smallest absolute Gasteiger partial charge is 0.412 e. The van der Waals surface area contributed by atoms with Gasteiger partial charge in [0.2, 0.25) is 0 Å². The number of fused-ring (bicyclic) bond motifs is 2. The van der Waals surface area contributed by atoms with E-state index in [1.54, 1.807) is 63.6 Å². The molecule has 2 aliphatic rings. The minimum Gasteiger partial charge on any atom is -0.444 e. The van der Waals surface area contributed by atoms with E-state index in [2.05, 4.69) is 11.4 Å². The van der Waals surface area contributed by atoms with Gasteiger partial charge >= 0.3 is 12.2 Å². The quantitative estimate of drug-likeness (QED) is 0.238. The fourth-order valence-electron chi connectivity index (χ4n) is 6.27. The molecule has 1 unspecified atom stereocenters. The van der Waals surface area contributed by atoms with Crippen LogP contribution in [-0.2, 0) is 16.0 Å². The standard InChI is InChI=1S/C34H35F2N5O5S/c1-33(2,3)45-31(43)38-29-22(16-37)26-19(7-8-23(35)28(26)47-29)25-20-10-12-39-11-9-18-17-40(32(44)46-34(4,5)6)13-14-41(18)30(42)21(27(20)39)15-24(25)36/h7-8,10,12,15,18H,9,11,13-14,17H2,1-6H3,(H,38,43). The van der Waals surface area contributed by atoms with E-state index >= 15 is 8.78 Å². The second-order valence-corrected chi connectivity index (χ2v) is 14.8. The van der Waals surface area contributed by atoms with Gasteiger partial charge in [0.15, 0.2) is 0 Å². The second-order valence-electron chi connectivity index (χ2n) is 13.8. The predicted octanol–water partition coefficient (Wildman–Crippen LogP) is 7.49. The number of anilines is 1. The number of hydrogen-bond acceptors (Lipinski definition) is 7. The van der Waals surface area contributed by atoms with Crippen LogP contribution in [0.4, 0.5) is 23.4 Å². The van der Waals surface area contributed by atoms with E-state index in [0.717, 1.165) is 11.3 Å². The van der Waals surface area contributed by atoms with Crippen molar-refractivity contribution in [3.63, 3.8) is 0 Å². The third kappa shape index (κ3) is 5.98. The molecule has 4 heterocycles. The van der Waals surface area contributed by atoms with Crippen molar-refractivity contribution >= 4 is 55.4 Å². The van der Waals surface area contributed by atoms with Gasteiger partial charge in [0.05, 0.1) is 27.4 Å². The molecule has 0 saturated carbocycles. The Labute approximate surface area is 274 Å². The normalized spacial score (nSPS) is 16.8. The number of nitrogens with one attached hydrogen (secondary N) is 1. The summed E-state index contributed by atoms with van der Waals surface area (Å²) < 4.78 is 44.5. The van der Waals surface area contributed by atoms with Crippen molar-refractivity contribution in [1.29, 1.82) is 5.26 Å². The molecule has 3 amide bonds. The number of carbonyl (C=O) groups is 3. The van der Waals surface area contributed by atoms with Gasteiger partial charge in [-0.25, -0.2) is 18.4 Å². The molecule has 1 N–H and O–H groups in total. The highest BCUT2D eigenvalue weighted by Gasteiger charge is 2.37. The van der Waals surface area contributed by atoms with Crippen molar-refractivity contribution in [2.45, 2.75) is 71.8 Å². The highest BCUT2D eigenvalue weighted by molar-refractivity contribution is 7.23. The van der Waals surface area contributed by atoms with Crippen molar-refractivity contribution in [1.82, 2.24) is 14.4 Å². The maximum Gasteiger partial charge on any atom is 0.412 e. The zero-order valence-electron chi connectivity index (χ0n) is 27.0. The van der Waals surface area contributed by atoms with Gasteiger partial charge in [0.25, 0.3) is 5.91 Å². The van der Waals surface area contributed by atoms with Gasteiger partial charge in [-0.3, -0.25) is 10.1 Å². The van der Waals surface area contributed by atoms with Crippen LogP contribution in [0, 0.1) is 23.0 Å². The molecule has 246 valence electrons. The lowest BCUT2D eigenvalue weighted by molar-refractivity contribution is 0.00286. The molecule has 0 spiro atoms. The number of rotatable bonds is 2. The molecule has 10 nitrogen and oxygen atoms in total. The van der Waals surface area contributed by atoms with Crippen LogP contribution in [-0.4, -0.2) is 69.3 Å². The molecule has 4 aromatic rings. The third-order valence-electron chi connectivity index (χ3n) is 8.11. The number of nitriles is 1. The van der Waals surface area contributed by atoms with Gasteiger partial charge in [-0.2, -0.15) is 5.26 Å². The number of thiophene rings is 1. The number of nitrogens with zero attached hydrogens (tertiary/aromatic N) is 4. The number of benzene rings is 2. The topological polar surface area (TPSA) is 117 Å². The molecular weight excluding hydrogens is 628 g/mol. The first-order chi connectivity index (χ1) is 22.1. The Hall–Kier alpha value is -4.70. The maximum absolute atomic E-state index is 16.4. The molecule has 1 atom stereocenters. The van der Waals surface area contributed by atoms with Crippen LogP contribution < -0.4 is 5.32 Å². The summed E-state index contributed by atoms with van der Waals surface area (Å²) in [5, 5.41) is 13.4. The first-order valence-electron chi connectivity index (χ1n) is 15.3. The molecule has 0 bridgehead atoms. The number of carbonyl (C=O) groups excluding carboxylic acids is 3. The Balaban J connectivity index is 1.42. The third-order valence-corrected chi connectivity index (χ3v) is 9.23. The molecule has 2 aromatic carbocycles. The number of ether oxygens (including phenoxy) is 2. The van der Waals surface area contributed by atoms with Crippen LogP contribution in [0.25, 0.3) is 32.1 Å². The highest BCUT2D eigenvalue weighted by Crippen LogP contribution is 2.45. The summed E-state index contributed by atoms with van der Waals surface area (Å²) in [6, 6.07) is 7.29. The number of hydrogen-bond donors (Lipinski definition) is 1. The Morgan fingerprint density at radius 3 is 2.40 bits per heavy atom. The van der Waals surface area contributed by atoms with Crippen LogP contribution >= 0.6 is 11.3 Å². The molecule has 1 saturated heterocycles. The van der Waals surface area contributed by atoms with Crippen LogP contribution in [0.5, 0.6) is 0 Å². The molecule has 1 fully saturated rings. The summed E-state index contributed by atoms with van der Waals surface area (Å²) in [6.07, 6.45) is 1.08. The molecule has 0 aliphatic carbocycles. The SMILES string of the molecule is CC(C)(C)OC(=O)Nc1sc2c(F)ccc(-c3c(F)cc4c5c3ccn5CCC3CN(C(=O)OC(C)(C)C)CCN3C4=O)c2c1C#N. The molecule has 2 aliphatic heterocycles. The number of halogens is 2. The summed E-state index contributed by atoms with van der Waals surface area (Å²) in [4.78, 5) is 42.7. The fraction of sp³-hybridized carbons (Fsp3) is 0.412. The van der Waals surface area contributed by atoms with E-state index in [1.165, 1.54) is 18.2 Å². The van der Waals surface area contributed by atoms with Crippen molar-refractivity contribution in [3.05, 3.63) is 53.2 Å². The van der Waals surface area contributed by atoms with E-state index in [9.17, 15) is 19.6 Å². The Bertz CT molecular complexity index is 2000. The first kappa shape index (κ1) is 32.2. The summed E-state index contributed by atoms with van der Waals surface area (Å²) >= 11 is 0.863. The van der Waals surface area contributed by atoms with Gasteiger partial charge in [-0.15, -0.1) is 11.3 Å². The Morgan fingerprint density at radius 1 is 1.00 bits per heavy atom. The lowest BCUT2D eigenvalue weighted by Crippen LogP contribution is -2.57. The number of aromatic nitrogens is 1. The molecule has 47 heavy (non-hydrogen) atoms. The lowest BCUT2D eigenvalue weighted by atomic mass is 9.93. The van der Waals surface area contributed by atoms with E-state index < -0.39 is 35.0 Å². The predicted molar refractivity (Wildman–Crippen MR) is 174 cm³/mol. The van der Waals surface area contributed by atoms with Crippen LogP contribution in [0.1, 0.15) is 63.9 Å². The fourth-order valence-corrected chi connectivity index (χ4v) is 7.34. The van der Waals surface area contributed by atoms with Crippen molar-refractivity contribution in [3.8, 4) is 17.2 Å². The van der Waals surface area contributed by atoms with Crippen molar-refractivity contribution in [2.24, 2.45) is 0 Å². The van der Waals surface area contributed by atoms with Gasteiger partial charge in [-0.1, -0.05) is 6.07 Å². The summed E-state index contributed by atoms with van der Waals surface area (Å²) in [5.41, 5.74) is -0.407. The van der Waals surface area contributed by atoms with Gasteiger partial charge < -0.3 is 23.8 Å². The van der Waals surface area contributed by atoms with Crippen LogP contribution in [0.15, 0.2) is 30.5 Å². The molecule has 13 heteroatoms. The summed E-state index contributed by atoms with van der Waals surface area (Å²) in [5.74, 6) is -1.70. The second kappa shape index (κ2) is 11.5. The lowest BCUT2D eigenvalue weighted by Gasteiger charge is -2.42. The van der Waals surface area contributed by atoms with E-state index in [-0.39, 0.29) is 62.4 Å². The van der Waals surface area contributed by atoms with E-state index in [0.29, 0.717) is 30.4 Å². The minimum atomic E-state index is -0.810. The zero-order chi connectivity index (χ0) is 34.0. The number of amides is 3. The van der Waals surface area contributed by atoms with Crippen LogP contribution in [0.2, 0.25) is 0 Å². The van der Waals surface area contributed by atoms with Crippen molar-refractivity contribution < 1.29 is 32.6 Å². The van der Waals surface area contributed by atoms with Gasteiger partial charge in [0.1, 0.15) is 33.9 Å². The largest absolute Gasteiger partial charge is 0.444 e. The minimum absolute atomic E-state index is 0.0238. The van der Waals surface area contributed by atoms with E-state index in [4.69, 9.17) is 9.47 Å². The number of piperazine rings is 1. The first-order valence-corrected chi connectivity index (χ1v) is 16.1. The summed E-state index contributed by atoms with van der Waals surface area (Å²) in [7, 11) is 0. The Morgan fingerprint density at radius 2 is 1.72 bits per heavy atom. The molecule has 6 rings (SSSR count). The van der Waals surface area contributed by atoms with E-state index in [1.807, 2.05) is 4.57 Å². The molecular formula is C34H35F2N5O5S. The maximum atomic E-state index is 16.4. The van der Waals surface area contributed by atoms with Crippen molar-refractivity contribution in [2.75, 3.05) is 25.0 Å². The summed E-state index contributed by atoms with van der Waals surface area (Å²) in [6.45, 7) is 11.8. The average molecular weight is 664 g/mol. The highest BCUT2D eigenvalue weighted by atomic mass is 32.1. The molecule has 2 aromatic heterocycles. The number of aryl methyl sites for hydroxylation is 1.